The predicted molar refractivity (Wildman–Crippen MR) is 79.5 cm³/mol. The van der Waals surface area contributed by atoms with E-state index in [1.54, 1.807) is 0 Å². The molecule has 100 valence electrons. The Hall–Kier alpha value is -0.730. The number of anilines is 1. The van der Waals surface area contributed by atoms with Crippen molar-refractivity contribution >= 4 is 17.3 Å². The van der Waals surface area contributed by atoms with Gasteiger partial charge in [0.2, 0.25) is 0 Å². The number of hydrogen-bond donors (Lipinski definition) is 1. The number of nitrogens with zero attached hydrogens (tertiary/aromatic N) is 1. The van der Waals surface area contributed by atoms with Crippen LogP contribution in [0.2, 0.25) is 5.02 Å². The molecule has 2 N–H and O–H groups in total. The average Bonchev–Trinajstić information content (AvgIpc) is 2.76. The van der Waals surface area contributed by atoms with E-state index in [9.17, 15) is 0 Å². The van der Waals surface area contributed by atoms with Crippen molar-refractivity contribution in [1.82, 2.24) is 0 Å². The van der Waals surface area contributed by atoms with E-state index < -0.39 is 0 Å². The van der Waals surface area contributed by atoms with Gasteiger partial charge in [0.25, 0.3) is 0 Å². The fourth-order valence-electron chi connectivity index (χ4n) is 2.86. The van der Waals surface area contributed by atoms with E-state index in [-0.39, 0.29) is 6.04 Å². The Morgan fingerprint density at radius 3 is 2.89 bits per heavy atom. The van der Waals surface area contributed by atoms with E-state index in [2.05, 4.69) is 30.0 Å². The Kier molecular flexibility index (Phi) is 4.52. The Morgan fingerprint density at radius 1 is 1.50 bits per heavy atom. The van der Waals surface area contributed by atoms with Crippen molar-refractivity contribution in [3.05, 3.63) is 28.8 Å². The topological polar surface area (TPSA) is 29.3 Å². The molecular formula is C15H23ClN2. The first kappa shape index (κ1) is 13.7. The van der Waals surface area contributed by atoms with Crippen LogP contribution >= 0.6 is 11.6 Å². The smallest absolute Gasteiger partial charge is 0.0642 e. The van der Waals surface area contributed by atoms with Gasteiger partial charge in [0.1, 0.15) is 0 Å². The Balaban J connectivity index is 2.19. The highest BCUT2D eigenvalue weighted by molar-refractivity contribution is 6.33. The third-order valence-corrected chi connectivity index (χ3v) is 4.03. The predicted octanol–water partition coefficient (Wildman–Crippen LogP) is 3.61. The first-order valence-corrected chi connectivity index (χ1v) is 7.30. The van der Waals surface area contributed by atoms with Crippen molar-refractivity contribution in [3.8, 4) is 0 Å². The first-order chi connectivity index (χ1) is 8.61. The summed E-state index contributed by atoms with van der Waals surface area (Å²) in [6.07, 6.45) is 4.64. The summed E-state index contributed by atoms with van der Waals surface area (Å²) in [4.78, 5) is 2.46. The highest BCUT2D eigenvalue weighted by Gasteiger charge is 2.24. The molecule has 2 atom stereocenters. The second-order valence-electron chi connectivity index (χ2n) is 5.36. The van der Waals surface area contributed by atoms with Crippen LogP contribution in [-0.2, 0) is 6.42 Å². The van der Waals surface area contributed by atoms with Gasteiger partial charge in [0, 0.05) is 18.6 Å². The second kappa shape index (κ2) is 5.94. The van der Waals surface area contributed by atoms with Crippen LogP contribution in [0.15, 0.2) is 18.2 Å². The molecule has 1 aliphatic rings. The van der Waals surface area contributed by atoms with Gasteiger partial charge in [-0.1, -0.05) is 24.6 Å². The van der Waals surface area contributed by atoms with Crippen LogP contribution in [0.5, 0.6) is 0 Å². The van der Waals surface area contributed by atoms with Gasteiger partial charge in [-0.05, 0) is 50.3 Å². The molecule has 0 aliphatic carbocycles. The van der Waals surface area contributed by atoms with Crippen LogP contribution < -0.4 is 10.6 Å². The van der Waals surface area contributed by atoms with Gasteiger partial charge >= 0.3 is 0 Å². The average molecular weight is 267 g/mol. The molecule has 2 nitrogen and oxygen atoms in total. The summed E-state index contributed by atoms with van der Waals surface area (Å²) < 4.78 is 0. The lowest BCUT2D eigenvalue weighted by Gasteiger charge is -2.27. The van der Waals surface area contributed by atoms with Crippen molar-refractivity contribution in [2.75, 3.05) is 11.4 Å². The molecule has 1 aromatic rings. The fraction of sp³-hybridized carbons (Fsp3) is 0.600. The summed E-state index contributed by atoms with van der Waals surface area (Å²) in [6.45, 7) is 5.40. The summed E-state index contributed by atoms with van der Waals surface area (Å²) >= 11 is 6.43. The van der Waals surface area contributed by atoms with Crippen molar-refractivity contribution in [2.45, 2.75) is 51.6 Å². The number of nitrogens with two attached hydrogens (primary N) is 1. The summed E-state index contributed by atoms with van der Waals surface area (Å²) in [5.74, 6) is 0. The van der Waals surface area contributed by atoms with Crippen LogP contribution in [0.1, 0.15) is 38.7 Å². The van der Waals surface area contributed by atoms with Gasteiger partial charge in [0.15, 0.2) is 0 Å². The third-order valence-electron chi connectivity index (χ3n) is 3.73. The highest BCUT2D eigenvalue weighted by Crippen LogP contribution is 2.33. The lowest BCUT2D eigenvalue weighted by Crippen LogP contribution is -2.28. The zero-order chi connectivity index (χ0) is 13.1. The van der Waals surface area contributed by atoms with E-state index in [0.29, 0.717) is 6.04 Å². The standard InChI is InChI=1S/C15H23ClN2/c1-3-13-5-4-8-18(13)15-7-6-12(9-11(2)17)10-14(15)16/h6-7,10-11,13H,3-5,8-9,17H2,1-2H3. The minimum absolute atomic E-state index is 0.182. The maximum atomic E-state index is 6.43. The molecule has 1 aliphatic heterocycles. The molecule has 3 heteroatoms. The number of rotatable bonds is 4. The van der Waals surface area contributed by atoms with E-state index in [1.165, 1.54) is 30.5 Å². The van der Waals surface area contributed by atoms with Crippen molar-refractivity contribution in [1.29, 1.82) is 0 Å². The van der Waals surface area contributed by atoms with Crippen LogP contribution in [0.25, 0.3) is 0 Å². The SMILES string of the molecule is CCC1CCCN1c1ccc(CC(C)N)cc1Cl. The lowest BCUT2D eigenvalue weighted by atomic mass is 10.1. The van der Waals surface area contributed by atoms with Gasteiger partial charge in [-0.25, -0.2) is 0 Å². The highest BCUT2D eigenvalue weighted by atomic mass is 35.5. The Labute approximate surface area is 115 Å². The monoisotopic (exact) mass is 266 g/mol. The summed E-state index contributed by atoms with van der Waals surface area (Å²) in [6, 6.07) is 7.23. The van der Waals surface area contributed by atoms with E-state index >= 15 is 0 Å². The van der Waals surface area contributed by atoms with Gasteiger partial charge in [0.05, 0.1) is 10.7 Å². The lowest BCUT2D eigenvalue weighted by molar-refractivity contribution is 0.645. The van der Waals surface area contributed by atoms with Crippen molar-refractivity contribution < 1.29 is 0 Å². The van der Waals surface area contributed by atoms with Gasteiger partial charge in [-0.3, -0.25) is 0 Å². The molecule has 0 amide bonds. The molecule has 0 bridgehead atoms. The molecule has 0 radical (unpaired) electrons. The normalized spacial score (nSPS) is 21.3. The molecule has 0 saturated carbocycles. The summed E-state index contributed by atoms with van der Waals surface area (Å²) in [5, 5.41) is 0.869. The molecule has 2 rings (SSSR count). The Morgan fingerprint density at radius 2 is 2.28 bits per heavy atom. The summed E-state index contributed by atoms with van der Waals surface area (Å²) in [5.41, 5.74) is 8.24. The first-order valence-electron chi connectivity index (χ1n) is 6.92. The molecule has 0 aromatic heterocycles. The van der Waals surface area contributed by atoms with Crippen molar-refractivity contribution in [3.63, 3.8) is 0 Å². The van der Waals surface area contributed by atoms with E-state index in [4.69, 9.17) is 17.3 Å². The number of hydrogen-bond acceptors (Lipinski definition) is 2. The third kappa shape index (κ3) is 2.99. The number of halogens is 1. The van der Waals surface area contributed by atoms with Crippen LogP contribution in [0, 0.1) is 0 Å². The van der Waals surface area contributed by atoms with Crippen molar-refractivity contribution in [2.24, 2.45) is 5.73 Å². The minimum Gasteiger partial charge on any atom is -0.367 e. The second-order valence-corrected chi connectivity index (χ2v) is 5.77. The maximum absolute atomic E-state index is 6.43. The number of benzene rings is 1. The van der Waals surface area contributed by atoms with Gasteiger partial charge in [-0.15, -0.1) is 0 Å². The maximum Gasteiger partial charge on any atom is 0.0642 e. The van der Waals surface area contributed by atoms with Crippen LogP contribution in [0.3, 0.4) is 0 Å². The molecule has 1 heterocycles. The van der Waals surface area contributed by atoms with Gasteiger partial charge < -0.3 is 10.6 Å². The van der Waals surface area contributed by atoms with E-state index in [1.807, 2.05) is 6.92 Å². The zero-order valence-electron chi connectivity index (χ0n) is 11.3. The molecule has 0 spiro atoms. The minimum atomic E-state index is 0.182. The van der Waals surface area contributed by atoms with E-state index in [0.717, 1.165) is 18.0 Å². The van der Waals surface area contributed by atoms with Crippen LogP contribution in [0.4, 0.5) is 5.69 Å². The largest absolute Gasteiger partial charge is 0.367 e. The fourth-order valence-corrected chi connectivity index (χ4v) is 3.17. The summed E-state index contributed by atoms with van der Waals surface area (Å²) in [7, 11) is 0. The van der Waals surface area contributed by atoms with Gasteiger partial charge in [-0.2, -0.15) is 0 Å². The zero-order valence-corrected chi connectivity index (χ0v) is 12.1. The molecule has 1 aromatic carbocycles. The molecule has 18 heavy (non-hydrogen) atoms. The molecular weight excluding hydrogens is 244 g/mol. The molecule has 2 unspecified atom stereocenters. The quantitative estimate of drug-likeness (QED) is 0.902. The Bertz CT molecular complexity index is 403. The molecule has 1 fully saturated rings. The molecule has 1 saturated heterocycles. The van der Waals surface area contributed by atoms with Crippen LogP contribution in [-0.4, -0.2) is 18.6 Å².